The third-order valence-corrected chi connectivity index (χ3v) is 7.11. The van der Waals surface area contributed by atoms with Crippen LogP contribution in [-0.4, -0.2) is 36.8 Å². The Labute approximate surface area is 176 Å². The van der Waals surface area contributed by atoms with E-state index in [2.05, 4.69) is 12.2 Å². The molecular weight excluding hydrogens is 404 g/mol. The van der Waals surface area contributed by atoms with Crippen LogP contribution in [-0.2, 0) is 27.7 Å². The van der Waals surface area contributed by atoms with E-state index < -0.39 is 10.0 Å². The third-order valence-electron chi connectivity index (χ3n) is 5.06. The van der Waals surface area contributed by atoms with Crippen LogP contribution in [0.15, 0.2) is 52.0 Å². The zero-order valence-corrected chi connectivity index (χ0v) is 18.1. The molecule has 1 heterocycles. The van der Waals surface area contributed by atoms with Gasteiger partial charge in [0.25, 0.3) is 0 Å². The molecule has 0 fully saturated rings. The number of aromatic hydroxyl groups is 1. The number of hydrogen-bond donors (Lipinski definition) is 2. The van der Waals surface area contributed by atoms with Crippen molar-refractivity contribution < 1.29 is 22.7 Å². The molecule has 0 spiro atoms. The molecule has 0 aliphatic carbocycles. The summed E-state index contributed by atoms with van der Waals surface area (Å²) < 4.78 is 32.3. The highest BCUT2D eigenvalue weighted by molar-refractivity contribution is 7.89. The number of benzene rings is 2. The van der Waals surface area contributed by atoms with E-state index in [0.29, 0.717) is 18.7 Å². The number of carbonyl (C=O) groups excluding carboxylic acids is 1. The number of rotatable bonds is 8. The van der Waals surface area contributed by atoms with Crippen LogP contribution in [0, 0.1) is 0 Å². The van der Waals surface area contributed by atoms with Gasteiger partial charge in [-0.05, 0) is 36.2 Å². The number of anilines is 1. The average Bonchev–Trinajstić information content (AvgIpc) is 3.11. The first-order chi connectivity index (χ1) is 14.3. The number of amides is 1. The summed E-state index contributed by atoms with van der Waals surface area (Å²) in [6.07, 6.45) is 2.47. The van der Waals surface area contributed by atoms with E-state index in [9.17, 15) is 18.3 Å². The van der Waals surface area contributed by atoms with Crippen LogP contribution in [0.25, 0.3) is 11.0 Å². The van der Waals surface area contributed by atoms with Crippen molar-refractivity contribution in [3.05, 3.63) is 53.8 Å². The molecular formula is C22H26N2O5S. The number of furan rings is 1. The molecule has 0 aliphatic rings. The van der Waals surface area contributed by atoms with Gasteiger partial charge in [0, 0.05) is 24.0 Å². The Hall–Kier alpha value is -2.84. The maximum Gasteiger partial charge on any atom is 0.243 e. The van der Waals surface area contributed by atoms with Crippen LogP contribution in [0.1, 0.15) is 31.9 Å². The second kappa shape index (κ2) is 8.89. The Bertz CT molecular complexity index is 1160. The molecule has 3 aromatic rings. The van der Waals surface area contributed by atoms with Crippen molar-refractivity contribution in [3.8, 4) is 5.75 Å². The maximum absolute atomic E-state index is 12.7. The second-order valence-electron chi connectivity index (χ2n) is 6.94. The normalized spacial score (nSPS) is 11.9. The van der Waals surface area contributed by atoms with Gasteiger partial charge in [-0.15, -0.1) is 0 Å². The minimum Gasteiger partial charge on any atom is -0.506 e. The summed E-state index contributed by atoms with van der Waals surface area (Å²) in [5, 5.41) is 13.6. The van der Waals surface area contributed by atoms with Crippen LogP contribution in [0.4, 0.5) is 5.69 Å². The Morgan fingerprint density at radius 3 is 2.50 bits per heavy atom. The summed E-state index contributed by atoms with van der Waals surface area (Å²) in [4.78, 5) is 12.6. The first-order valence-electron chi connectivity index (χ1n) is 9.92. The minimum atomic E-state index is -3.71. The summed E-state index contributed by atoms with van der Waals surface area (Å²) in [7, 11) is -3.71. The smallest absolute Gasteiger partial charge is 0.243 e. The van der Waals surface area contributed by atoms with Gasteiger partial charge >= 0.3 is 0 Å². The van der Waals surface area contributed by atoms with Gasteiger partial charge in [0.1, 0.15) is 11.3 Å². The molecule has 0 saturated heterocycles. The van der Waals surface area contributed by atoms with Gasteiger partial charge in [-0.3, -0.25) is 4.79 Å². The lowest BCUT2D eigenvalue weighted by atomic mass is 10.1. The molecule has 0 radical (unpaired) electrons. The molecule has 1 aromatic heterocycles. The molecule has 1 amide bonds. The number of phenols is 1. The van der Waals surface area contributed by atoms with Crippen LogP contribution in [0.3, 0.4) is 0 Å². The fraction of sp³-hybridized carbons (Fsp3) is 0.318. The van der Waals surface area contributed by atoms with Gasteiger partial charge in [0.15, 0.2) is 0 Å². The van der Waals surface area contributed by atoms with Gasteiger partial charge in [-0.2, -0.15) is 4.31 Å². The lowest BCUT2D eigenvalue weighted by Gasteiger charge is -2.19. The molecule has 3 rings (SSSR count). The van der Waals surface area contributed by atoms with Gasteiger partial charge in [-0.25, -0.2) is 8.42 Å². The fourth-order valence-electron chi connectivity index (χ4n) is 3.34. The highest BCUT2D eigenvalue weighted by atomic mass is 32.2. The van der Waals surface area contributed by atoms with Crippen LogP contribution >= 0.6 is 0 Å². The highest BCUT2D eigenvalue weighted by Gasteiger charge is 2.23. The van der Waals surface area contributed by atoms with E-state index in [1.807, 2.05) is 18.2 Å². The number of aryl methyl sites for hydroxylation is 1. The SMILES string of the molecule is CCc1ccc2c(CC(=O)Nc3cc(S(=O)(=O)N(CC)CC)ccc3O)coc2c1. The zero-order valence-electron chi connectivity index (χ0n) is 17.3. The fourth-order valence-corrected chi connectivity index (χ4v) is 4.82. The third kappa shape index (κ3) is 4.34. The number of nitrogens with zero attached hydrogens (tertiary/aromatic N) is 1. The van der Waals surface area contributed by atoms with Crippen LogP contribution in [0.5, 0.6) is 5.75 Å². The van der Waals surface area contributed by atoms with Gasteiger partial charge in [0.2, 0.25) is 15.9 Å². The van der Waals surface area contributed by atoms with E-state index in [0.717, 1.165) is 22.9 Å². The molecule has 0 aliphatic heterocycles. The maximum atomic E-state index is 12.7. The van der Waals surface area contributed by atoms with E-state index in [-0.39, 0.29) is 28.7 Å². The molecule has 8 heteroatoms. The van der Waals surface area contributed by atoms with Crippen molar-refractivity contribution in [2.45, 2.75) is 38.5 Å². The van der Waals surface area contributed by atoms with Crippen molar-refractivity contribution in [1.29, 1.82) is 0 Å². The number of sulfonamides is 1. The number of phenolic OH excluding ortho intramolecular Hbond substituents is 1. The summed E-state index contributed by atoms with van der Waals surface area (Å²) in [6.45, 7) is 6.22. The molecule has 0 bridgehead atoms. The Balaban J connectivity index is 1.82. The monoisotopic (exact) mass is 430 g/mol. The van der Waals surface area contributed by atoms with Gasteiger partial charge in [0.05, 0.1) is 23.3 Å². The van der Waals surface area contributed by atoms with Crippen molar-refractivity contribution in [1.82, 2.24) is 4.31 Å². The van der Waals surface area contributed by atoms with Crippen LogP contribution < -0.4 is 5.32 Å². The van der Waals surface area contributed by atoms with E-state index in [1.165, 1.54) is 22.5 Å². The van der Waals surface area contributed by atoms with E-state index in [1.54, 1.807) is 20.1 Å². The topological polar surface area (TPSA) is 99.9 Å². The molecule has 0 unspecified atom stereocenters. The number of hydrogen-bond acceptors (Lipinski definition) is 5. The minimum absolute atomic E-state index is 0.0140. The number of nitrogens with one attached hydrogen (secondary N) is 1. The summed E-state index contributed by atoms with van der Waals surface area (Å²) in [5.74, 6) is -0.587. The lowest BCUT2D eigenvalue weighted by Crippen LogP contribution is -2.30. The molecule has 2 aromatic carbocycles. The molecule has 2 N–H and O–H groups in total. The molecule has 160 valence electrons. The summed E-state index contributed by atoms with van der Waals surface area (Å²) in [5.41, 5.74) is 2.63. The zero-order chi connectivity index (χ0) is 21.9. The Kier molecular flexibility index (Phi) is 6.48. The first kappa shape index (κ1) is 21.9. The second-order valence-corrected chi connectivity index (χ2v) is 8.88. The first-order valence-corrected chi connectivity index (χ1v) is 11.4. The van der Waals surface area contributed by atoms with Crippen molar-refractivity contribution in [3.63, 3.8) is 0 Å². The van der Waals surface area contributed by atoms with Crippen LogP contribution in [0.2, 0.25) is 0 Å². The largest absolute Gasteiger partial charge is 0.506 e. The molecule has 0 saturated carbocycles. The van der Waals surface area contributed by atoms with Crippen molar-refractivity contribution in [2.24, 2.45) is 0 Å². The van der Waals surface area contributed by atoms with Gasteiger partial charge in [-0.1, -0.05) is 32.9 Å². The average molecular weight is 431 g/mol. The molecule has 30 heavy (non-hydrogen) atoms. The highest BCUT2D eigenvalue weighted by Crippen LogP contribution is 2.29. The molecule has 0 atom stereocenters. The van der Waals surface area contributed by atoms with Crippen molar-refractivity contribution >= 4 is 32.6 Å². The Morgan fingerprint density at radius 1 is 1.10 bits per heavy atom. The number of fused-ring (bicyclic) bond motifs is 1. The van der Waals surface area contributed by atoms with E-state index in [4.69, 9.17) is 4.42 Å². The van der Waals surface area contributed by atoms with Gasteiger partial charge < -0.3 is 14.8 Å². The standard InChI is InChI=1S/C22H26N2O5S/c1-4-15-7-9-18-16(14-29-21(18)11-15)12-22(26)23-19-13-17(8-10-20(19)25)30(27,28)24(5-2)6-3/h7-11,13-14,25H,4-6,12H2,1-3H3,(H,23,26). The summed E-state index contributed by atoms with van der Waals surface area (Å²) in [6, 6.07) is 9.74. The van der Waals surface area contributed by atoms with Crippen molar-refractivity contribution in [2.75, 3.05) is 18.4 Å². The number of carbonyl (C=O) groups is 1. The molecule has 7 nitrogen and oxygen atoms in total. The predicted molar refractivity (Wildman–Crippen MR) is 116 cm³/mol. The lowest BCUT2D eigenvalue weighted by molar-refractivity contribution is -0.115. The predicted octanol–water partition coefficient (Wildman–Crippen LogP) is 3.91. The quantitative estimate of drug-likeness (QED) is 0.528. The van der Waals surface area contributed by atoms with E-state index >= 15 is 0 Å². The Morgan fingerprint density at radius 2 is 1.83 bits per heavy atom. The summed E-state index contributed by atoms with van der Waals surface area (Å²) >= 11 is 0.